The number of halogens is 1. The fourth-order valence-electron chi connectivity index (χ4n) is 9.37. The number of carbonyl (C=O) groups is 1. The summed E-state index contributed by atoms with van der Waals surface area (Å²) in [6, 6.07) is 28.0. The fraction of sp³-hybridized carbons (Fsp3) is 0.511. The molecule has 0 radical (unpaired) electrons. The van der Waals surface area contributed by atoms with E-state index in [9.17, 15) is 4.79 Å². The van der Waals surface area contributed by atoms with Crippen molar-refractivity contribution in [3.05, 3.63) is 95.6 Å². The molecule has 3 aliphatic heterocycles. The van der Waals surface area contributed by atoms with Crippen LogP contribution in [-0.2, 0) is 23.3 Å². The molecule has 4 aliphatic rings. The Labute approximate surface area is 339 Å². The Morgan fingerprint density at radius 2 is 1.52 bits per heavy atom. The van der Waals surface area contributed by atoms with Crippen LogP contribution < -0.4 is 15.7 Å². The molecule has 8 rings (SSSR count). The molecule has 1 aliphatic carbocycles. The molecule has 4 unspecified atom stereocenters. The monoisotopic (exact) mass is 793 g/mol. The standard InChI is InChI=1S/C45H57BClN3O5Si/c1-42(2,3)56(33-15-11-9-12-16-33,34-17-13-10-14-18-34)53-39-28-52-29-45(39,8)50-21-19-30(20-22-50)35-23-31-25-40(48-27-32(31)24-38(35)47)49-41(51)36-26-37(36)46-54-43(4,5)44(6,7)55-46/h9-18,23-25,27,30,36-37,39H,19-22,26,28-29H2,1-8H3,(H,48,49,51). The van der Waals surface area contributed by atoms with E-state index >= 15 is 0 Å². The number of ether oxygens (including phenoxy) is 1. The zero-order valence-corrected chi connectivity index (χ0v) is 36.0. The minimum Gasteiger partial charge on any atom is -0.403 e. The molecule has 11 heteroatoms. The lowest BCUT2D eigenvalue weighted by atomic mass is 9.80. The SMILES string of the molecule is CC1(N2CCC(c3cc4cc(NC(=O)C5CC5B5OC(C)(C)C(C)(C)O5)ncc4cc3Cl)CC2)COCC1O[Si](c1ccccc1)(c1ccccc1)C(C)(C)C. The summed E-state index contributed by atoms with van der Waals surface area (Å²) in [6.07, 6.45) is 4.41. The second-order valence-corrected chi connectivity index (χ2v) is 23.5. The molecule has 1 aromatic heterocycles. The predicted molar refractivity (Wildman–Crippen MR) is 229 cm³/mol. The van der Waals surface area contributed by atoms with E-state index in [4.69, 9.17) is 30.1 Å². The largest absolute Gasteiger partial charge is 0.461 e. The number of hydrogen-bond acceptors (Lipinski definition) is 7. The molecule has 8 nitrogen and oxygen atoms in total. The maximum atomic E-state index is 13.3. The second kappa shape index (κ2) is 14.6. The van der Waals surface area contributed by atoms with Crippen molar-refractivity contribution < 1.29 is 23.3 Å². The van der Waals surface area contributed by atoms with Crippen LogP contribution in [0.5, 0.6) is 0 Å². The minimum absolute atomic E-state index is 0.0419. The van der Waals surface area contributed by atoms with Crippen molar-refractivity contribution in [1.82, 2.24) is 9.88 Å². The summed E-state index contributed by atoms with van der Waals surface area (Å²) in [5.41, 5.74) is 0.0512. The van der Waals surface area contributed by atoms with Gasteiger partial charge in [-0.05, 0) is 117 Å². The highest BCUT2D eigenvalue weighted by molar-refractivity contribution is 6.99. The van der Waals surface area contributed by atoms with Crippen LogP contribution in [0.15, 0.2) is 85.1 Å². The van der Waals surface area contributed by atoms with Crippen LogP contribution in [0.2, 0.25) is 15.9 Å². The number of anilines is 1. The first-order chi connectivity index (χ1) is 26.5. The number of nitrogens with one attached hydrogen (secondary N) is 1. The molecule has 3 saturated heterocycles. The molecule has 1 N–H and O–H groups in total. The number of amides is 1. The molecular formula is C45H57BClN3O5Si. The highest BCUT2D eigenvalue weighted by Gasteiger charge is 2.61. The number of rotatable bonds is 9. The summed E-state index contributed by atoms with van der Waals surface area (Å²) in [5.74, 6) is 0.701. The van der Waals surface area contributed by atoms with E-state index in [-0.39, 0.29) is 41.4 Å². The van der Waals surface area contributed by atoms with Gasteiger partial charge in [0.15, 0.2) is 0 Å². The van der Waals surface area contributed by atoms with Gasteiger partial charge in [-0.15, -0.1) is 0 Å². The third-order valence-corrected chi connectivity index (χ3v) is 19.0. The number of aromatic nitrogens is 1. The Kier molecular flexibility index (Phi) is 10.4. The summed E-state index contributed by atoms with van der Waals surface area (Å²) in [7, 11) is -3.15. The lowest BCUT2D eigenvalue weighted by Crippen LogP contribution is -2.70. The topological polar surface area (TPSA) is 82.2 Å². The zero-order chi connectivity index (χ0) is 39.7. The van der Waals surface area contributed by atoms with E-state index in [1.54, 1.807) is 6.20 Å². The molecule has 1 amide bonds. The maximum absolute atomic E-state index is 13.3. The number of carbonyl (C=O) groups excluding carboxylic acids is 1. The van der Waals surface area contributed by atoms with Crippen LogP contribution in [0.1, 0.15) is 86.1 Å². The van der Waals surface area contributed by atoms with Gasteiger partial charge in [0.05, 0.1) is 36.1 Å². The molecule has 0 spiro atoms. The van der Waals surface area contributed by atoms with E-state index in [1.807, 2.05) is 39.8 Å². The van der Waals surface area contributed by atoms with Crippen LogP contribution in [0.4, 0.5) is 5.82 Å². The Balaban J connectivity index is 0.963. The van der Waals surface area contributed by atoms with Gasteiger partial charge in [0, 0.05) is 28.3 Å². The number of benzene rings is 3. The van der Waals surface area contributed by atoms with Crippen LogP contribution in [0.3, 0.4) is 0 Å². The van der Waals surface area contributed by atoms with E-state index in [0.717, 1.165) is 53.7 Å². The highest BCUT2D eigenvalue weighted by Crippen LogP contribution is 2.53. The van der Waals surface area contributed by atoms with Crippen molar-refractivity contribution in [2.75, 3.05) is 31.6 Å². The van der Waals surface area contributed by atoms with Gasteiger partial charge in [-0.25, -0.2) is 4.98 Å². The third-order valence-electron chi connectivity index (χ3n) is 13.6. The highest BCUT2D eigenvalue weighted by atomic mass is 35.5. The Hall–Kier alpha value is -3.09. The van der Waals surface area contributed by atoms with E-state index in [2.05, 4.69) is 110 Å². The fourth-order valence-corrected chi connectivity index (χ4v) is 14.5. The van der Waals surface area contributed by atoms with E-state index in [0.29, 0.717) is 24.9 Å². The molecule has 0 bridgehead atoms. The molecule has 4 fully saturated rings. The average Bonchev–Trinajstić information content (AvgIpc) is 3.83. The maximum Gasteiger partial charge on any atom is 0.461 e. The molecule has 4 aromatic rings. The lowest BCUT2D eigenvalue weighted by Gasteiger charge is -2.50. The van der Waals surface area contributed by atoms with Crippen molar-refractivity contribution >= 4 is 59.9 Å². The van der Waals surface area contributed by atoms with Gasteiger partial charge in [0.2, 0.25) is 5.91 Å². The van der Waals surface area contributed by atoms with Crippen LogP contribution in [0.25, 0.3) is 10.8 Å². The summed E-state index contributed by atoms with van der Waals surface area (Å²) in [5, 5.41) is 8.26. The normalized spacial score (nSPS) is 26.8. The van der Waals surface area contributed by atoms with E-state index in [1.165, 1.54) is 10.4 Å². The first-order valence-electron chi connectivity index (χ1n) is 20.4. The quantitative estimate of drug-likeness (QED) is 0.171. The number of hydrogen-bond donors (Lipinski definition) is 1. The van der Waals surface area contributed by atoms with Crippen LogP contribution in [0, 0.1) is 5.92 Å². The predicted octanol–water partition coefficient (Wildman–Crippen LogP) is 8.22. The molecule has 4 heterocycles. The smallest absolute Gasteiger partial charge is 0.403 e. The van der Waals surface area contributed by atoms with Gasteiger partial charge in [0.1, 0.15) is 5.82 Å². The van der Waals surface area contributed by atoms with Crippen molar-refractivity contribution in [3.63, 3.8) is 0 Å². The second-order valence-electron chi connectivity index (χ2n) is 18.8. The number of pyridine rings is 1. The van der Waals surface area contributed by atoms with Crippen molar-refractivity contribution in [2.24, 2.45) is 5.92 Å². The average molecular weight is 794 g/mol. The number of fused-ring (bicyclic) bond motifs is 1. The van der Waals surface area contributed by atoms with Crippen molar-refractivity contribution in [1.29, 1.82) is 0 Å². The van der Waals surface area contributed by atoms with Gasteiger partial charge in [-0.2, -0.15) is 0 Å². The number of likely N-dealkylation sites (tertiary alicyclic amines) is 1. The summed E-state index contributed by atoms with van der Waals surface area (Å²) < 4.78 is 26.5. The molecule has 296 valence electrons. The van der Waals surface area contributed by atoms with Gasteiger partial charge >= 0.3 is 7.12 Å². The van der Waals surface area contributed by atoms with Crippen LogP contribution in [-0.4, -0.2) is 80.4 Å². The van der Waals surface area contributed by atoms with Gasteiger partial charge in [0.25, 0.3) is 8.32 Å². The van der Waals surface area contributed by atoms with Crippen molar-refractivity contribution in [2.45, 2.75) is 114 Å². The summed E-state index contributed by atoms with van der Waals surface area (Å²) in [6.45, 7) is 20.6. The zero-order valence-electron chi connectivity index (χ0n) is 34.2. The third kappa shape index (κ3) is 7.07. The van der Waals surface area contributed by atoms with Gasteiger partial charge in [-0.3, -0.25) is 9.69 Å². The van der Waals surface area contributed by atoms with Crippen LogP contribution >= 0.6 is 11.6 Å². The summed E-state index contributed by atoms with van der Waals surface area (Å²) >= 11 is 7.00. The molecule has 3 aromatic carbocycles. The number of nitrogens with zero attached hydrogens (tertiary/aromatic N) is 2. The van der Waals surface area contributed by atoms with Gasteiger partial charge < -0.3 is 23.8 Å². The van der Waals surface area contributed by atoms with Gasteiger partial charge in [-0.1, -0.05) is 93.0 Å². The first-order valence-corrected chi connectivity index (χ1v) is 22.7. The van der Waals surface area contributed by atoms with Crippen molar-refractivity contribution in [3.8, 4) is 0 Å². The molecular weight excluding hydrogens is 737 g/mol. The molecule has 4 atom stereocenters. The lowest BCUT2D eigenvalue weighted by molar-refractivity contribution is -0.117. The first kappa shape index (κ1) is 39.7. The summed E-state index contributed by atoms with van der Waals surface area (Å²) in [4.78, 5) is 20.5. The Bertz CT molecular complexity index is 2020. The van der Waals surface area contributed by atoms with E-state index < -0.39 is 19.5 Å². The minimum atomic E-state index is -2.77. The molecule has 56 heavy (non-hydrogen) atoms. The Morgan fingerprint density at radius 3 is 2.11 bits per heavy atom. The number of piperidine rings is 1. The Morgan fingerprint density at radius 1 is 0.911 bits per heavy atom. The molecule has 1 saturated carbocycles.